The number of hydrogen-bond acceptors (Lipinski definition) is 2. The molecule has 0 heterocycles. The molecule has 4 heteroatoms. The fourth-order valence-electron chi connectivity index (χ4n) is 3.96. The van der Waals surface area contributed by atoms with E-state index in [9.17, 15) is 0 Å². The molecule has 0 amide bonds. The maximum absolute atomic E-state index is 6.45. The summed E-state index contributed by atoms with van der Waals surface area (Å²) in [4.78, 5) is 0. The van der Waals surface area contributed by atoms with Crippen molar-refractivity contribution in [2.45, 2.75) is 6.10 Å². The highest BCUT2D eigenvalue weighted by atomic mass is 31.1. The van der Waals surface area contributed by atoms with Gasteiger partial charge in [-0.05, 0) is 37.1 Å². The van der Waals surface area contributed by atoms with Crippen LogP contribution in [-0.2, 0) is 4.74 Å². The average Bonchev–Trinajstić information content (AvgIpc) is 2.90. The molecule has 33 heavy (non-hydrogen) atoms. The minimum atomic E-state index is -0.531. The van der Waals surface area contributed by atoms with Crippen molar-refractivity contribution < 1.29 is 4.74 Å². The van der Waals surface area contributed by atoms with E-state index in [-0.39, 0.29) is 6.10 Å². The molecule has 0 saturated heterocycles. The third-order valence-corrected chi connectivity index (χ3v) is 10.7. The Morgan fingerprint density at radius 3 is 1.09 bits per heavy atom. The van der Waals surface area contributed by atoms with E-state index in [0.717, 1.165) is 12.3 Å². The van der Waals surface area contributed by atoms with Crippen LogP contribution < -0.4 is 27.0 Å². The van der Waals surface area contributed by atoms with Gasteiger partial charge < -0.3 is 10.5 Å². The highest BCUT2D eigenvalue weighted by Crippen LogP contribution is 2.40. The van der Waals surface area contributed by atoms with E-state index in [2.05, 4.69) is 121 Å². The molecule has 0 aliphatic heterocycles. The first-order valence-corrected chi connectivity index (χ1v) is 14.5. The van der Waals surface area contributed by atoms with E-state index in [1.165, 1.54) is 21.2 Å². The van der Waals surface area contributed by atoms with Crippen molar-refractivity contribution in [1.82, 2.24) is 0 Å². The van der Waals surface area contributed by atoms with Gasteiger partial charge in [-0.25, -0.2) is 0 Å². The first-order valence-electron chi connectivity index (χ1n) is 11.4. The zero-order chi connectivity index (χ0) is 22.7. The van der Waals surface area contributed by atoms with Gasteiger partial charge >= 0.3 is 0 Å². The Kier molecular flexibility index (Phi) is 9.22. The molecule has 4 aromatic carbocycles. The fraction of sp³-hybridized carbons (Fsp3) is 0.172. The lowest BCUT2D eigenvalue weighted by Crippen LogP contribution is -2.31. The fourth-order valence-corrected chi connectivity index (χ4v) is 9.01. The Bertz CT molecular complexity index is 898. The van der Waals surface area contributed by atoms with Gasteiger partial charge in [-0.15, -0.1) is 0 Å². The van der Waals surface area contributed by atoms with Crippen molar-refractivity contribution in [2.24, 2.45) is 5.73 Å². The quantitative estimate of drug-likeness (QED) is 0.325. The van der Waals surface area contributed by atoms with Crippen LogP contribution in [-0.4, -0.2) is 31.6 Å². The largest absolute Gasteiger partial charge is 0.376 e. The SMILES string of the molecule is NCCOC(CP(c1ccccc1)c1ccccc1)CP(c1ccccc1)c1ccccc1. The van der Waals surface area contributed by atoms with E-state index in [1.807, 2.05) is 0 Å². The van der Waals surface area contributed by atoms with E-state index >= 15 is 0 Å². The first-order chi connectivity index (χ1) is 16.3. The van der Waals surface area contributed by atoms with E-state index < -0.39 is 15.8 Å². The van der Waals surface area contributed by atoms with Crippen LogP contribution >= 0.6 is 15.8 Å². The second-order valence-electron chi connectivity index (χ2n) is 7.84. The molecule has 4 rings (SSSR count). The topological polar surface area (TPSA) is 35.2 Å². The molecule has 0 unspecified atom stereocenters. The van der Waals surface area contributed by atoms with Crippen LogP contribution in [0.3, 0.4) is 0 Å². The van der Waals surface area contributed by atoms with Crippen molar-refractivity contribution in [2.75, 3.05) is 25.5 Å². The number of benzene rings is 4. The number of hydrogen-bond donors (Lipinski definition) is 1. The second-order valence-corrected chi connectivity index (χ2v) is 12.4. The van der Waals surface area contributed by atoms with Crippen molar-refractivity contribution in [3.8, 4) is 0 Å². The maximum Gasteiger partial charge on any atom is 0.0666 e. The highest BCUT2D eigenvalue weighted by Gasteiger charge is 2.25. The van der Waals surface area contributed by atoms with Gasteiger partial charge in [0.15, 0.2) is 0 Å². The van der Waals surface area contributed by atoms with Crippen LogP contribution in [0.4, 0.5) is 0 Å². The van der Waals surface area contributed by atoms with Gasteiger partial charge in [0.2, 0.25) is 0 Å². The summed E-state index contributed by atoms with van der Waals surface area (Å²) >= 11 is 0. The molecule has 0 aromatic heterocycles. The Labute approximate surface area is 200 Å². The zero-order valence-corrected chi connectivity index (χ0v) is 20.6. The number of ether oxygens (including phenoxy) is 1. The molecular formula is C29H31NOP2. The minimum absolute atomic E-state index is 0.131. The molecule has 0 fully saturated rings. The van der Waals surface area contributed by atoms with Crippen LogP contribution in [0.2, 0.25) is 0 Å². The summed E-state index contributed by atoms with van der Waals surface area (Å²) in [6.07, 6.45) is 2.11. The van der Waals surface area contributed by atoms with Gasteiger partial charge in [-0.1, -0.05) is 121 Å². The smallest absolute Gasteiger partial charge is 0.0666 e. The average molecular weight is 472 g/mol. The van der Waals surface area contributed by atoms with Gasteiger partial charge in [0.25, 0.3) is 0 Å². The second kappa shape index (κ2) is 12.8. The normalized spacial score (nSPS) is 11.4. The molecule has 0 atom stereocenters. The molecule has 0 spiro atoms. The van der Waals surface area contributed by atoms with Gasteiger partial charge in [-0.2, -0.15) is 0 Å². The molecule has 168 valence electrons. The number of rotatable bonds is 11. The van der Waals surface area contributed by atoms with Gasteiger partial charge in [0.1, 0.15) is 0 Å². The van der Waals surface area contributed by atoms with Gasteiger partial charge in [0.05, 0.1) is 12.7 Å². The highest BCUT2D eigenvalue weighted by molar-refractivity contribution is 7.74. The van der Waals surface area contributed by atoms with Gasteiger partial charge in [0, 0.05) is 18.9 Å². The molecule has 2 N–H and O–H groups in total. The molecule has 0 saturated carbocycles. The summed E-state index contributed by atoms with van der Waals surface area (Å²) in [5.74, 6) is 0. The Balaban J connectivity index is 1.65. The van der Waals surface area contributed by atoms with Crippen molar-refractivity contribution in [1.29, 1.82) is 0 Å². The standard InChI is InChI=1S/C29H31NOP2/c30-21-22-31-25(23-32(26-13-5-1-6-14-26)27-15-7-2-8-16-27)24-33(28-17-9-3-10-18-28)29-19-11-4-12-20-29/h1-20,25H,21-24,30H2. The zero-order valence-electron chi connectivity index (χ0n) is 18.8. The predicted molar refractivity (Wildman–Crippen MR) is 147 cm³/mol. The third-order valence-electron chi connectivity index (χ3n) is 5.52. The summed E-state index contributed by atoms with van der Waals surface area (Å²) in [5, 5.41) is 5.57. The Morgan fingerprint density at radius 1 is 0.515 bits per heavy atom. The minimum Gasteiger partial charge on any atom is -0.376 e. The van der Waals surface area contributed by atoms with E-state index in [4.69, 9.17) is 10.5 Å². The van der Waals surface area contributed by atoms with Gasteiger partial charge in [-0.3, -0.25) is 0 Å². The predicted octanol–water partition coefficient (Wildman–Crippen LogP) is 4.60. The lowest BCUT2D eigenvalue weighted by atomic mass is 10.4. The lowest BCUT2D eigenvalue weighted by Gasteiger charge is -2.29. The summed E-state index contributed by atoms with van der Waals surface area (Å²) in [6.45, 7) is 1.13. The third kappa shape index (κ3) is 6.83. The molecule has 0 aliphatic carbocycles. The van der Waals surface area contributed by atoms with Crippen LogP contribution in [0.15, 0.2) is 121 Å². The Morgan fingerprint density at radius 2 is 0.818 bits per heavy atom. The van der Waals surface area contributed by atoms with Crippen LogP contribution in [0.25, 0.3) is 0 Å². The maximum atomic E-state index is 6.45. The molecular weight excluding hydrogens is 440 g/mol. The summed E-state index contributed by atoms with van der Waals surface area (Å²) in [5.41, 5.74) is 5.87. The van der Waals surface area contributed by atoms with Crippen LogP contribution in [0.5, 0.6) is 0 Å². The summed E-state index contributed by atoms with van der Waals surface area (Å²) < 4.78 is 6.45. The molecule has 0 radical (unpaired) electrons. The first kappa shape index (κ1) is 23.8. The number of nitrogens with two attached hydrogens (primary N) is 1. The lowest BCUT2D eigenvalue weighted by molar-refractivity contribution is 0.0905. The molecule has 4 aromatic rings. The van der Waals surface area contributed by atoms with Crippen molar-refractivity contribution >= 4 is 37.1 Å². The van der Waals surface area contributed by atoms with E-state index in [1.54, 1.807) is 0 Å². The molecule has 0 aliphatic rings. The summed E-state index contributed by atoms with van der Waals surface area (Å²) in [7, 11) is -1.06. The molecule has 2 nitrogen and oxygen atoms in total. The van der Waals surface area contributed by atoms with Crippen LogP contribution in [0.1, 0.15) is 0 Å². The van der Waals surface area contributed by atoms with Crippen molar-refractivity contribution in [3.05, 3.63) is 121 Å². The van der Waals surface area contributed by atoms with Crippen LogP contribution in [0, 0.1) is 0 Å². The molecule has 0 bridgehead atoms. The van der Waals surface area contributed by atoms with Crippen molar-refractivity contribution in [3.63, 3.8) is 0 Å². The monoisotopic (exact) mass is 471 g/mol. The van der Waals surface area contributed by atoms with E-state index in [0.29, 0.717) is 13.2 Å². The summed E-state index contributed by atoms with van der Waals surface area (Å²) in [6, 6.07) is 43.6. The Hall–Kier alpha value is -2.34.